The highest BCUT2D eigenvalue weighted by molar-refractivity contribution is 5.72. The molecule has 0 saturated carbocycles. The first-order valence-corrected chi connectivity index (χ1v) is 4.56. The van der Waals surface area contributed by atoms with Crippen LogP contribution in [0, 0.1) is 0 Å². The van der Waals surface area contributed by atoms with Crippen LogP contribution in [0.25, 0.3) is 0 Å². The third-order valence-corrected chi connectivity index (χ3v) is 1.99. The van der Waals surface area contributed by atoms with Crippen LogP contribution in [0.15, 0.2) is 30.3 Å². The van der Waals surface area contributed by atoms with Crippen molar-refractivity contribution in [1.29, 1.82) is 0 Å². The van der Waals surface area contributed by atoms with E-state index >= 15 is 0 Å². The number of ether oxygens (including phenoxy) is 1. The molecule has 1 aromatic rings. The fraction of sp³-hybridized carbons (Fsp3) is 0.364. The highest BCUT2D eigenvalue weighted by atomic mass is 16.5. The molecule has 1 amide bonds. The van der Waals surface area contributed by atoms with Gasteiger partial charge in [-0.3, -0.25) is 4.79 Å². The average Bonchev–Trinajstić information content (AvgIpc) is 2.20. The monoisotopic (exact) mass is 193 g/mol. The third-order valence-electron chi connectivity index (χ3n) is 1.99. The van der Waals surface area contributed by atoms with E-state index in [9.17, 15) is 4.79 Å². The van der Waals surface area contributed by atoms with Gasteiger partial charge in [-0.25, -0.2) is 0 Å². The molecule has 0 aromatic heterocycles. The van der Waals surface area contributed by atoms with Crippen molar-refractivity contribution < 1.29 is 9.53 Å². The molecule has 0 bridgehead atoms. The Balaban J connectivity index is 2.58. The van der Waals surface area contributed by atoms with Crippen LogP contribution in [0.1, 0.15) is 18.6 Å². The smallest absolute Gasteiger partial charge is 0.216 e. The summed E-state index contributed by atoms with van der Waals surface area (Å²) >= 11 is 0. The zero-order chi connectivity index (χ0) is 10.4. The van der Waals surface area contributed by atoms with Crippen molar-refractivity contribution in [3.8, 4) is 0 Å². The quantitative estimate of drug-likeness (QED) is 0.787. The minimum Gasteiger partial charge on any atom is -0.375 e. The highest BCUT2D eigenvalue weighted by Crippen LogP contribution is 2.14. The van der Waals surface area contributed by atoms with E-state index in [1.165, 1.54) is 6.92 Å². The van der Waals surface area contributed by atoms with E-state index in [-0.39, 0.29) is 12.0 Å². The molecule has 1 rings (SSSR count). The average molecular weight is 193 g/mol. The lowest BCUT2D eigenvalue weighted by Crippen LogP contribution is -2.26. The molecule has 3 nitrogen and oxygen atoms in total. The molecule has 0 radical (unpaired) electrons. The van der Waals surface area contributed by atoms with Gasteiger partial charge in [0.2, 0.25) is 5.91 Å². The summed E-state index contributed by atoms with van der Waals surface area (Å²) in [5.74, 6) is -0.0389. The van der Waals surface area contributed by atoms with Gasteiger partial charge in [-0.15, -0.1) is 0 Å². The van der Waals surface area contributed by atoms with Crippen LogP contribution in [0.3, 0.4) is 0 Å². The fourth-order valence-corrected chi connectivity index (χ4v) is 1.24. The summed E-state index contributed by atoms with van der Waals surface area (Å²) in [6, 6.07) is 9.82. The van der Waals surface area contributed by atoms with Crippen LogP contribution < -0.4 is 5.32 Å². The summed E-state index contributed by atoms with van der Waals surface area (Å²) in [5, 5.41) is 2.73. The van der Waals surface area contributed by atoms with E-state index in [1.807, 2.05) is 30.3 Å². The summed E-state index contributed by atoms with van der Waals surface area (Å²) in [7, 11) is 1.64. The van der Waals surface area contributed by atoms with Crippen molar-refractivity contribution in [2.75, 3.05) is 13.7 Å². The third kappa shape index (κ3) is 3.18. The number of rotatable bonds is 4. The molecule has 14 heavy (non-hydrogen) atoms. The highest BCUT2D eigenvalue weighted by Gasteiger charge is 2.09. The normalized spacial score (nSPS) is 12.1. The molecule has 0 heterocycles. The number of methoxy groups -OCH3 is 1. The lowest BCUT2D eigenvalue weighted by Gasteiger charge is -2.15. The summed E-state index contributed by atoms with van der Waals surface area (Å²) in [6.45, 7) is 2.01. The first kappa shape index (κ1) is 10.7. The molecular formula is C11H15NO2. The fourth-order valence-electron chi connectivity index (χ4n) is 1.24. The number of carbonyl (C=O) groups is 1. The Morgan fingerprint density at radius 3 is 2.57 bits per heavy atom. The molecular weight excluding hydrogens is 178 g/mol. The van der Waals surface area contributed by atoms with Crippen LogP contribution in [-0.2, 0) is 9.53 Å². The zero-order valence-electron chi connectivity index (χ0n) is 8.49. The number of nitrogens with one attached hydrogen (secondary N) is 1. The van der Waals surface area contributed by atoms with Crippen LogP contribution in [0.4, 0.5) is 0 Å². The number of carbonyl (C=O) groups excluding carboxylic acids is 1. The van der Waals surface area contributed by atoms with E-state index < -0.39 is 0 Å². The van der Waals surface area contributed by atoms with Gasteiger partial charge < -0.3 is 10.1 Å². The van der Waals surface area contributed by atoms with Gasteiger partial charge in [0.05, 0.1) is 6.10 Å². The minimum absolute atomic E-state index is 0.0389. The maximum atomic E-state index is 10.7. The first-order chi connectivity index (χ1) is 6.74. The molecule has 0 aliphatic rings. The van der Waals surface area contributed by atoms with Gasteiger partial charge >= 0.3 is 0 Å². The predicted molar refractivity (Wildman–Crippen MR) is 54.9 cm³/mol. The molecule has 76 valence electrons. The topological polar surface area (TPSA) is 38.3 Å². The number of hydrogen-bond acceptors (Lipinski definition) is 2. The molecule has 1 N–H and O–H groups in total. The Morgan fingerprint density at radius 1 is 1.43 bits per heavy atom. The van der Waals surface area contributed by atoms with E-state index in [4.69, 9.17) is 4.74 Å². The van der Waals surface area contributed by atoms with Gasteiger partial charge in [0.1, 0.15) is 0 Å². The predicted octanol–water partition coefficient (Wildman–Crippen LogP) is 1.51. The van der Waals surface area contributed by atoms with Gasteiger partial charge in [0.15, 0.2) is 0 Å². The van der Waals surface area contributed by atoms with E-state index in [0.29, 0.717) is 6.54 Å². The lowest BCUT2D eigenvalue weighted by molar-refractivity contribution is -0.119. The largest absolute Gasteiger partial charge is 0.375 e. The first-order valence-electron chi connectivity index (χ1n) is 4.56. The van der Waals surface area contributed by atoms with E-state index in [1.54, 1.807) is 7.11 Å². The van der Waals surface area contributed by atoms with Crippen molar-refractivity contribution in [2.45, 2.75) is 13.0 Å². The van der Waals surface area contributed by atoms with Crippen LogP contribution in [0.2, 0.25) is 0 Å². The van der Waals surface area contributed by atoms with Gasteiger partial charge in [-0.1, -0.05) is 30.3 Å². The molecule has 3 heteroatoms. The molecule has 0 fully saturated rings. The zero-order valence-corrected chi connectivity index (χ0v) is 8.49. The molecule has 0 aliphatic carbocycles. The maximum absolute atomic E-state index is 10.7. The van der Waals surface area contributed by atoms with Crippen LogP contribution in [0.5, 0.6) is 0 Å². The Bertz CT molecular complexity index is 285. The van der Waals surface area contributed by atoms with Gasteiger partial charge in [-0.05, 0) is 5.56 Å². The number of benzene rings is 1. The summed E-state index contributed by atoms with van der Waals surface area (Å²) in [6.07, 6.45) is -0.0694. The van der Waals surface area contributed by atoms with Gasteiger partial charge in [-0.2, -0.15) is 0 Å². The molecule has 0 spiro atoms. The Labute approximate surface area is 84.1 Å². The molecule has 1 unspecified atom stereocenters. The second-order valence-corrected chi connectivity index (χ2v) is 3.07. The van der Waals surface area contributed by atoms with Crippen LogP contribution >= 0.6 is 0 Å². The lowest BCUT2D eigenvalue weighted by atomic mass is 10.1. The molecule has 0 saturated heterocycles. The Hall–Kier alpha value is -1.35. The van der Waals surface area contributed by atoms with Crippen molar-refractivity contribution in [3.63, 3.8) is 0 Å². The Morgan fingerprint density at radius 2 is 2.07 bits per heavy atom. The van der Waals surface area contributed by atoms with Crippen molar-refractivity contribution in [2.24, 2.45) is 0 Å². The van der Waals surface area contributed by atoms with E-state index in [0.717, 1.165) is 5.56 Å². The second kappa shape index (κ2) is 5.40. The summed E-state index contributed by atoms with van der Waals surface area (Å²) in [5.41, 5.74) is 1.07. The van der Waals surface area contributed by atoms with E-state index in [2.05, 4.69) is 5.32 Å². The van der Waals surface area contributed by atoms with Gasteiger partial charge in [0.25, 0.3) is 0 Å². The summed E-state index contributed by atoms with van der Waals surface area (Å²) in [4.78, 5) is 10.7. The maximum Gasteiger partial charge on any atom is 0.216 e. The SMILES string of the molecule is COC(CNC(C)=O)c1ccccc1. The van der Waals surface area contributed by atoms with Gasteiger partial charge in [0, 0.05) is 20.6 Å². The van der Waals surface area contributed by atoms with Crippen LogP contribution in [-0.4, -0.2) is 19.6 Å². The minimum atomic E-state index is -0.0694. The molecule has 0 aliphatic heterocycles. The molecule has 1 aromatic carbocycles. The molecule has 1 atom stereocenters. The standard InChI is InChI=1S/C11H15NO2/c1-9(13)12-8-11(14-2)10-6-4-3-5-7-10/h3-7,11H,8H2,1-2H3,(H,12,13). The Kier molecular flexibility index (Phi) is 4.13. The second-order valence-electron chi connectivity index (χ2n) is 3.07. The van der Waals surface area contributed by atoms with Crippen molar-refractivity contribution >= 4 is 5.91 Å². The van der Waals surface area contributed by atoms with Crippen molar-refractivity contribution in [1.82, 2.24) is 5.32 Å². The summed E-state index contributed by atoms with van der Waals surface area (Å²) < 4.78 is 5.27. The number of hydrogen-bond donors (Lipinski definition) is 1. The van der Waals surface area contributed by atoms with Crippen molar-refractivity contribution in [3.05, 3.63) is 35.9 Å². The number of amides is 1.